The molecule has 3 rings (SSSR count). The Balaban J connectivity index is 2.26. The summed E-state index contributed by atoms with van der Waals surface area (Å²) in [7, 11) is 0. The molecule has 3 heterocycles. The second-order valence-corrected chi connectivity index (χ2v) is 6.47. The van der Waals surface area contributed by atoms with E-state index in [-0.39, 0.29) is 55.2 Å². The van der Waals surface area contributed by atoms with Gasteiger partial charge in [0.15, 0.2) is 0 Å². The van der Waals surface area contributed by atoms with Crippen LogP contribution in [0, 0.1) is 6.92 Å². The Kier molecular flexibility index (Phi) is 6.20. The number of aryl methyl sites for hydroxylation is 1. The summed E-state index contributed by atoms with van der Waals surface area (Å²) in [6.45, 7) is 6.28. The first-order chi connectivity index (χ1) is 14.0. The van der Waals surface area contributed by atoms with Crippen molar-refractivity contribution >= 4 is 28.4 Å². The van der Waals surface area contributed by atoms with Gasteiger partial charge in [0.2, 0.25) is 11.5 Å². The zero-order valence-electron chi connectivity index (χ0n) is 16.2. The Labute approximate surface area is 167 Å². The van der Waals surface area contributed by atoms with Crippen molar-refractivity contribution in [3.05, 3.63) is 58.5 Å². The summed E-state index contributed by atoms with van der Waals surface area (Å²) in [5.74, 6) is -0.237. The molecule has 9 nitrogen and oxygen atoms in total. The number of nitrogen functional groups attached to an aromatic ring is 1. The van der Waals surface area contributed by atoms with Gasteiger partial charge in [-0.1, -0.05) is 17.1 Å². The molecule has 0 spiro atoms. The van der Waals surface area contributed by atoms with Gasteiger partial charge in [0.05, 0.1) is 26.4 Å². The quantitative estimate of drug-likeness (QED) is 0.212. The van der Waals surface area contributed by atoms with Crippen LogP contribution < -0.4 is 21.2 Å². The van der Waals surface area contributed by atoms with Crippen LogP contribution in [0.4, 0.5) is 5.82 Å². The zero-order chi connectivity index (χ0) is 21.0. The number of ether oxygens (including phenoxy) is 1. The smallest absolute Gasteiger partial charge is 0.278 e. The third kappa shape index (κ3) is 3.96. The number of hydrogen-bond donors (Lipinski definition) is 3. The van der Waals surface area contributed by atoms with Crippen LogP contribution in [0.25, 0.3) is 16.7 Å². The van der Waals surface area contributed by atoms with Crippen LogP contribution in [0.2, 0.25) is 0 Å². The van der Waals surface area contributed by atoms with Crippen molar-refractivity contribution in [3.63, 3.8) is 0 Å². The van der Waals surface area contributed by atoms with E-state index in [0.717, 1.165) is 5.56 Å². The van der Waals surface area contributed by atoms with Gasteiger partial charge >= 0.3 is 0 Å². The Morgan fingerprint density at radius 2 is 2.28 bits per heavy atom. The Morgan fingerprint density at radius 1 is 1.48 bits per heavy atom. The number of aliphatic hydroxyl groups is 1. The lowest BCUT2D eigenvalue weighted by molar-refractivity contribution is -0.660. The van der Waals surface area contributed by atoms with Crippen molar-refractivity contribution in [3.8, 4) is 0 Å². The second-order valence-electron chi connectivity index (χ2n) is 6.47. The first-order valence-corrected chi connectivity index (χ1v) is 9.21. The van der Waals surface area contributed by atoms with Crippen molar-refractivity contribution < 1.29 is 19.2 Å². The van der Waals surface area contributed by atoms with E-state index in [4.69, 9.17) is 15.6 Å². The molecule has 0 aliphatic carbocycles. The third-order valence-corrected chi connectivity index (χ3v) is 4.52. The molecule has 0 saturated carbocycles. The molecule has 0 aliphatic heterocycles. The minimum Gasteiger partial charge on any atom is -0.394 e. The van der Waals surface area contributed by atoms with Gasteiger partial charge in [-0.15, -0.1) is 6.58 Å². The number of anilines is 1. The maximum absolute atomic E-state index is 13.1. The highest BCUT2D eigenvalue weighted by Gasteiger charge is 2.24. The van der Waals surface area contributed by atoms with Crippen LogP contribution in [0.1, 0.15) is 15.9 Å². The van der Waals surface area contributed by atoms with Crippen molar-refractivity contribution in [1.29, 1.82) is 0 Å². The van der Waals surface area contributed by atoms with E-state index in [9.17, 15) is 9.59 Å². The number of amides is 1. The van der Waals surface area contributed by atoms with Crippen LogP contribution in [-0.4, -0.2) is 46.8 Å². The second kappa shape index (κ2) is 8.80. The molecule has 0 radical (unpaired) electrons. The zero-order valence-corrected chi connectivity index (χ0v) is 16.2. The lowest BCUT2D eigenvalue weighted by Crippen LogP contribution is -2.44. The molecule has 3 aromatic heterocycles. The standard InChI is InChI=1S/C20H23N5O4/c1-3-6-22-19(27)14-12-15-18(24(16(14)21)8-10-29-11-9-26)23-17-13(2)5-4-7-25(17)20(15)28/h3-5,7,12,21,26H,1,6,8-11H2,2H3,(H,22,27)/p+1. The number of hydrogen-bond acceptors (Lipinski definition) is 6. The summed E-state index contributed by atoms with van der Waals surface area (Å²) >= 11 is 0. The van der Waals surface area contributed by atoms with Gasteiger partial charge in [-0.3, -0.25) is 14.0 Å². The number of aromatic nitrogens is 3. The Hall–Kier alpha value is -3.30. The lowest BCUT2D eigenvalue weighted by atomic mass is 10.1. The van der Waals surface area contributed by atoms with E-state index in [2.05, 4.69) is 16.9 Å². The van der Waals surface area contributed by atoms with Crippen LogP contribution >= 0.6 is 0 Å². The van der Waals surface area contributed by atoms with Crippen LogP contribution in [0.5, 0.6) is 0 Å². The first kappa shape index (κ1) is 20.4. The van der Waals surface area contributed by atoms with Gasteiger partial charge in [-0.2, -0.15) is 0 Å². The van der Waals surface area contributed by atoms with Gasteiger partial charge in [0, 0.05) is 18.3 Å². The topological polar surface area (TPSA) is 123 Å². The number of carbonyl (C=O) groups excluding carboxylic acids is 1. The summed E-state index contributed by atoms with van der Waals surface area (Å²) in [5, 5.41) is 11.9. The van der Waals surface area contributed by atoms with Crippen molar-refractivity contribution in [1.82, 2.24) is 14.7 Å². The molecule has 0 saturated heterocycles. The van der Waals surface area contributed by atoms with Crippen LogP contribution in [0.15, 0.2) is 41.8 Å². The van der Waals surface area contributed by atoms with E-state index >= 15 is 0 Å². The van der Waals surface area contributed by atoms with Gasteiger partial charge in [-0.25, -0.2) is 4.57 Å². The number of nitrogens with two attached hydrogens (primary N) is 1. The van der Waals surface area contributed by atoms with Gasteiger partial charge in [0.25, 0.3) is 17.1 Å². The van der Waals surface area contributed by atoms with Crippen LogP contribution in [-0.2, 0) is 11.3 Å². The fourth-order valence-corrected chi connectivity index (χ4v) is 3.10. The van der Waals surface area contributed by atoms with Gasteiger partial charge < -0.3 is 20.9 Å². The average Bonchev–Trinajstić information content (AvgIpc) is 2.71. The average molecular weight is 398 g/mol. The highest BCUT2D eigenvalue weighted by molar-refractivity contribution is 6.00. The number of fused-ring (bicyclic) bond motifs is 2. The highest BCUT2D eigenvalue weighted by Crippen LogP contribution is 2.15. The Morgan fingerprint density at radius 3 is 3.00 bits per heavy atom. The first-order valence-electron chi connectivity index (χ1n) is 9.21. The maximum Gasteiger partial charge on any atom is 0.278 e. The molecule has 1 amide bonds. The SMILES string of the molecule is C=CCNC(=O)c1cc2c(=O)n3cccc(C)c3nc2[n+](CCOCCO)c1N. The molecule has 152 valence electrons. The normalized spacial score (nSPS) is 11.1. The number of aliphatic hydroxyl groups excluding tert-OH is 1. The number of rotatable bonds is 8. The monoisotopic (exact) mass is 398 g/mol. The van der Waals surface area contributed by atoms with Crippen molar-refractivity contribution in [2.45, 2.75) is 13.5 Å². The molecular weight excluding hydrogens is 374 g/mol. The molecule has 29 heavy (non-hydrogen) atoms. The molecule has 0 fully saturated rings. The predicted octanol–water partition coefficient (Wildman–Crippen LogP) is -0.0495. The maximum atomic E-state index is 13.1. The van der Waals surface area contributed by atoms with E-state index in [1.807, 2.05) is 13.0 Å². The summed E-state index contributed by atoms with van der Waals surface area (Å²) in [4.78, 5) is 30.4. The molecule has 0 atom stereocenters. The van der Waals surface area contributed by atoms with Crippen LogP contribution in [0.3, 0.4) is 0 Å². The summed E-state index contributed by atoms with van der Waals surface area (Å²) in [6, 6.07) is 5.10. The number of nitrogens with zero attached hydrogens (tertiary/aromatic N) is 3. The predicted molar refractivity (Wildman–Crippen MR) is 109 cm³/mol. The fourth-order valence-electron chi connectivity index (χ4n) is 3.10. The third-order valence-electron chi connectivity index (χ3n) is 4.52. The molecule has 0 aliphatic rings. The highest BCUT2D eigenvalue weighted by atomic mass is 16.5. The Bertz CT molecular complexity index is 1140. The molecule has 0 aromatic carbocycles. The molecule has 0 unspecified atom stereocenters. The summed E-state index contributed by atoms with van der Waals surface area (Å²) in [6.07, 6.45) is 3.19. The number of pyridine rings is 2. The van der Waals surface area contributed by atoms with Gasteiger partial charge in [0.1, 0.15) is 10.9 Å². The minimum absolute atomic E-state index is 0.103. The number of nitrogens with one attached hydrogen (secondary N) is 1. The van der Waals surface area contributed by atoms with Crippen molar-refractivity contribution in [2.24, 2.45) is 0 Å². The largest absolute Gasteiger partial charge is 0.394 e. The van der Waals surface area contributed by atoms with Gasteiger partial charge in [-0.05, 0) is 19.1 Å². The summed E-state index contributed by atoms with van der Waals surface area (Å²) < 4.78 is 8.40. The van der Waals surface area contributed by atoms with E-state index in [0.29, 0.717) is 11.3 Å². The molecule has 4 N–H and O–H groups in total. The summed E-state index contributed by atoms with van der Waals surface area (Å²) in [5.41, 5.74) is 7.89. The number of carbonyl (C=O) groups is 1. The molecular formula is C20H24N5O4+. The molecule has 3 aromatic rings. The minimum atomic E-state index is -0.414. The van der Waals surface area contributed by atoms with Crippen molar-refractivity contribution in [2.75, 3.05) is 32.1 Å². The molecule has 0 bridgehead atoms. The van der Waals surface area contributed by atoms with E-state index < -0.39 is 5.91 Å². The fraction of sp³-hybridized carbons (Fsp3) is 0.300. The van der Waals surface area contributed by atoms with E-state index in [1.54, 1.807) is 22.9 Å². The lowest BCUT2D eigenvalue weighted by Gasteiger charge is -2.12. The molecule has 9 heteroatoms. The van der Waals surface area contributed by atoms with E-state index in [1.165, 1.54) is 10.5 Å².